The molecule has 7 rings (SSSR count). The van der Waals surface area contributed by atoms with E-state index in [2.05, 4.69) is 0 Å². The Morgan fingerprint density at radius 1 is 0.441 bits per heavy atom. The molecule has 3 aromatic rings. The Labute approximate surface area is 391 Å². The Morgan fingerprint density at radius 2 is 0.809 bits per heavy atom. The molecular formula is C47H60O21. The van der Waals surface area contributed by atoms with Crippen molar-refractivity contribution in [1.82, 2.24) is 0 Å². The first kappa shape index (κ1) is 51.8. The van der Waals surface area contributed by atoms with E-state index in [1.54, 1.807) is 50.2 Å². The molecule has 3 aromatic carbocycles. The van der Waals surface area contributed by atoms with Crippen LogP contribution in [0.2, 0.25) is 0 Å². The number of rotatable bonds is 17. The summed E-state index contributed by atoms with van der Waals surface area (Å²) in [4.78, 5) is 27.2. The summed E-state index contributed by atoms with van der Waals surface area (Å²) in [6.45, 7) is 0.259. The standard InChI is InChI=1S/C47H60O21/c1-23-37(33(53)29(19-49)60-44(23)59-22-25-12-6-3-7-13-25)66-45-24(2)38(34(54)30(20-50)61-45)67-47-41(65-43(58)27-16-10-5-11-17-27)39(35(55)31(21-51)63-47)68-46-40(36(56)32(52)28(18-48)62-46)64-42(57)26-14-8-4-9-15-26/h3-17,23-24,28-41,44-56H,18-22H2,1-2H3/t23?,24?,28?,29?,30?,31?,32-,33-,34-,35-,36+,37-,38-,39+,40?,41?,44-,45+,46+,47+/m1/s1. The zero-order valence-electron chi connectivity index (χ0n) is 37.2. The maximum Gasteiger partial charge on any atom is 0.338 e. The summed E-state index contributed by atoms with van der Waals surface area (Å²) in [6, 6.07) is 24.5. The van der Waals surface area contributed by atoms with Crippen LogP contribution in [0.15, 0.2) is 91.0 Å². The fourth-order valence-corrected chi connectivity index (χ4v) is 8.64. The predicted molar refractivity (Wildman–Crippen MR) is 228 cm³/mol. The van der Waals surface area contributed by atoms with Crippen molar-refractivity contribution in [2.24, 2.45) is 11.8 Å². The van der Waals surface area contributed by atoms with Crippen molar-refractivity contribution in [3.63, 3.8) is 0 Å². The number of aliphatic hydroxyl groups excluding tert-OH is 9. The van der Waals surface area contributed by atoms with Crippen LogP contribution in [0, 0.1) is 11.8 Å². The molecule has 4 saturated heterocycles. The van der Waals surface area contributed by atoms with E-state index < -0.39 is 161 Å². The molecule has 4 aliphatic heterocycles. The van der Waals surface area contributed by atoms with Crippen LogP contribution in [0.5, 0.6) is 0 Å². The second-order valence-corrected chi connectivity index (χ2v) is 17.1. The number of carbonyl (C=O) groups is 2. The number of benzene rings is 3. The molecule has 4 fully saturated rings. The quantitative estimate of drug-likeness (QED) is 0.0715. The molecule has 8 unspecified atom stereocenters. The normalized spacial score (nSPS) is 38.6. The van der Waals surface area contributed by atoms with Gasteiger partial charge in [-0.2, -0.15) is 0 Å². The van der Waals surface area contributed by atoms with Crippen LogP contribution in [0.4, 0.5) is 0 Å². The number of ether oxygens (including phenoxy) is 10. The van der Waals surface area contributed by atoms with Crippen LogP contribution in [-0.4, -0.2) is 195 Å². The molecule has 21 heteroatoms. The largest absolute Gasteiger partial charge is 0.450 e. The average molecular weight is 961 g/mol. The van der Waals surface area contributed by atoms with Gasteiger partial charge in [-0.25, -0.2) is 9.59 Å². The Hall–Kier alpha value is -4.08. The highest BCUT2D eigenvalue weighted by atomic mass is 16.8. The maximum atomic E-state index is 13.9. The van der Waals surface area contributed by atoms with Crippen molar-refractivity contribution in [3.05, 3.63) is 108 Å². The van der Waals surface area contributed by atoms with Crippen molar-refractivity contribution in [2.75, 3.05) is 26.4 Å². The van der Waals surface area contributed by atoms with Crippen LogP contribution in [-0.2, 0) is 54.0 Å². The van der Waals surface area contributed by atoms with Gasteiger partial charge in [0.1, 0.15) is 61.0 Å². The lowest BCUT2D eigenvalue weighted by atomic mass is 9.89. The molecule has 21 nitrogen and oxygen atoms in total. The van der Waals surface area contributed by atoms with Crippen molar-refractivity contribution < 1.29 is 103 Å². The number of aliphatic hydroxyl groups is 9. The highest BCUT2D eigenvalue weighted by molar-refractivity contribution is 5.90. The van der Waals surface area contributed by atoms with E-state index in [-0.39, 0.29) is 17.7 Å². The van der Waals surface area contributed by atoms with Crippen LogP contribution < -0.4 is 0 Å². The SMILES string of the molecule is CC1[C@H](OCc2ccccc2)OC(CO)[C@@H](O)[C@@H]1O[C@@H]1OC(CO)[C@@H](O)[C@H](O[C@@H]2OC(CO)[C@@H](O)[C@H](O[C@@H]3OC(CO)[C@@H](O)[C@H](O)C3OC(=O)c3ccccc3)C2OC(=O)c2ccccc2)C1C. The van der Waals surface area contributed by atoms with Gasteiger partial charge >= 0.3 is 11.9 Å². The number of hydrogen-bond acceptors (Lipinski definition) is 21. The Balaban J connectivity index is 1.18. The van der Waals surface area contributed by atoms with Crippen LogP contribution >= 0.6 is 0 Å². The van der Waals surface area contributed by atoms with Gasteiger partial charge in [-0.3, -0.25) is 0 Å². The van der Waals surface area contributed by atoms with Gasteiger partial charge in [0, 0.05) is 11.8 Å². The number of hydrogen-bond donors (Lipinski definition) is 9. The van der Waals surface area contributed by atoms with Gasteiger partial charge in [0.15, 0.2) is 37.4 Å². The third-order valence-corrected chi connectivity index (χ3v) is 12.6. The summed E-state index contributed by atoms with van der Waals surface area (Å²) in [5, 5.41) is 98.3. The van der Waals surface area contributed by atoms with Gasteiger partial charge in [0.2, 0.25) is 0 Å². The summed E-state index contributed by atoms with van der Waals surface area (Å²) >= 11 is 0. The molecule has 0 bridgehead atoms. The molecule has 9 N–H and O–H groups in total. The first-order chi connectivity index (χ1) is 32.8. The van der Waals surface area contributed by atoms with Crippen molar-refractivity contribution in [1.29, 1.82) is 0 Å². The third kappa shape index (κ3) is 11.6. The number of esters is 2. The molecule has 4 aliphatic rings. The summed E-state index contributed by atoms with van der Waals surface area (Å²) in [6.07, 6.45) is -28.6. The summed E-state index contributed by atoms with van der Waals surface area (Å²) in [7, 11) is 0. The molecule has 68 heavy (non-hydrogen) atoms. The van der Waals surface area contributed by atoms with Gasteiger partial charge in [-0.05, 0) is 29.8 Å². The van der Waals surface area contributed by atoms with Crippen molar-refractivity contribution >= 4 is 11.9 Å². The van der Waals surface area contributed by atoms with E-state index in [1.165, 1.54) is 24.3 Å². The molecule has 0 aliphatic carbocycles. The molecule has 20 atom stereocenters. The summed E-state index contributed by atoms with van der Waals surface area (Å²) in [5.74, 6) is -3.68. The topological polar surface area (TPSA) is 309 Å². The molecule has 0 saturated carbocycles. The van der Waals surface area contributed by atoms with Gasteiger partial charge in [-0.1, -0.05) is 80.6 Å². The highest BCUT2D eigenvalue weighted by Crippen LogP contribution is 2.39. The van der Waals surface area contributed by atoms with E-state index in [0.717, 1.165) is 5.56 Å². The minimum atomic E-state index is -1.94. The third-order valence-electron chi connectivity index (χ3n) is 12.6. The first-order valence-corrected chi connectivity index (χ1v) is 22.4. The van der Waals surface area contributed by atoms with E-state index >= 15 is 0 Å². The van der Waals surface area contributed by atoms with Crippen molar-refractivity contribution in [3.8, 4) is 0 Å². The number of carbonyl (C=O) groups excluding carboxylic acids is 2. The smallest absolute Gasteiger partial charge is 0.338 e. The molecule has 0 spiro atoms. The minimum Gasteiger partial charge on any atom is -0.450 e. The maximum absolute atomic E-state index is 13.9. The molecule has 0 amide bonds. The van der Waals surface area contributed by atoms with Gasteiger partial charge in [0.25, 0.3) is 0 Å². The van der Waals surface area contributed by atoms with Gasteiger partial charge in [-0.15, -0.1) is 0 Å². The lowest BCUT2D eigenvalue weighted by Gasteiger charge is -2.50. The van der Waals surface area contributed by atoms with Crippen molar-refractivity contribution in [2.45, 2.75) is 131 Å². The minimum absolute atomic E-state index is 0.0240. The summed E-state index contributed by atoms with van der Waals surface area (Å²) < 4.78 is 60.6. The van der Waals surface area contributed by atoms with Gasteiger partial charge in [0.05, 0.1) is 56.4 Å². The molecule has 0 aromatic heterocycles. The molecular weight excluding hydrogens is 900 g/mol. The highest BCUT2D eigenvalue weighted by Gasteiger charge is 2.57. The lowest BCUT2D eigenvalue weighted by Crippen LogP contribution is -2.67. The zero-order chi connectivity index (χ0) is 48.6. The Morgan fingerprint density at radius 3 is 1.31 bits per heavy atom. The van der Waals surface area contributed by atoms with E-state index in [0.29, 0.717) is 0 Å². The molecule has 374 valence electrons. The molecule has 0 radical (unpaired) electrons. The Bertz CT molecular complexity index is 2020. The fraction of sp³-hybridized carbons (Fsp3) is 0.574. The van der Waals surface area contributed by atoms with Gasteiger partial charge < -0.3 is 93.3 Å². The van der Waals surface area contributed by atoms with E-state index in [1.807, 2.05) is 30.3 Å². The Kier molecular flexibility index (Phi) is 18.0. The average Bonchev–Trinajstić information content (AvgIpc) is 3.36. The van der Waals surface area contributed by atoms with E-state index in [9.17, 15) is 55.5 Å². The van der Waals surface area contributed by atoms with Crippen LogP contribution in [0.25, 0.3) is 0 Å². The second-order valence-electron chi connectivity index (χ2n) is 17.1. The predicted octanol–water partition coefficient (Wildman–Crippen LogP) is -1.24. The molecule has 4 heterocycles. The lowest BCUT2D eigenvalue weighted by molar-refractivity contribution is -0.382. The first-order valence-electron chi connectivity index (χ1n) is 22.4. The van der Waals surface area contributed by atoms with Crippen LogP contribution in [0.1, 0.15) is 40.1 Å². The monoisotopic (exact) mass is 960 g/mol. The van der Waals surface area contributed by atoms with E-state index in [4.69, 9.17) is 47.4 Å². The van der Waals surface area contributed by atoms with Crippen LogP contribution in [0.3, 0.4) is 0 Å². The zero-order valence-corrected chi connectivity index (χ0v) is 37.2. The summed E-state index contributed by atoms with van der Waals surface area (Å²) in [5.41, 5.74) is 0.904. The fourth-order valence-electron chi connectivity index (χ4n) is 8.64. The second kappa shape index (κ2) is 23.7.